The van der Waals surface area contributed by atoms with Crippen LogP contribution in [0.25, 0.3) is 0 Å². The van der Waals surface area contributed by atoms with E-state index in [-0.39, 0.29) is 0 Å². The molecule has 0 N–H and O–H groups in total. The van der Waals surface area contributed by atoms with Crippen LogP contribution in [0.15, 0.2) is 0 Å². The zero-order chi connectivity index (χ0) is 15.7. The van der Waals surface area contributed by atoms with Crippen molar-refractivity contribution in [3.8, 4) is 0 Å². The van der Waals surface area contributed by atoms with Gasteiger partial charge in [0.15, 0.2) is 0 Å². The third-order valence-corrected chi connectivity index (χ3v) is 15.5. The van der Waals surface area contributed by atoms with Crippen LogP contribution in [-0.4, -0.2) is 5.78 Å². The number of carbonyl (C=O) groups is 1. The number of Topliss-reactive ketones (excluding diaryl/α,β-unsaturated/α-hetero) is 1. The number of hydrogen-bond acceptors (Lipinski definition) is 1. The molecule has 0 aliphatic heterocycles. The van der Waals surface area contributed by atoms with E-state index in [0.29, 0.717) is 5.78 Å². The van der Waals surface area contributed by atoms with Gasteiger partial charge in [-0.3, -0.25) is 4.79 Å². The first-order chi connectivity index (χ1) is 12.9. The molecule has 13 unspecified atom stereocenters. The van der Waals surface area contributed by atoms with Crippen LogP contribution in [0, 0.1) is 124 Å². The van der Waals surface area contributed by atoms with E-state index in [0.717, 1.165) is 41.9 Å². The molecule has 132 valence electrons. The second-order valence-electron chi connectivity index (χ2n) is 13.8. The number of hydrogen-bond donors (Lipinski definition) is 0. The van der Waals surface area contributed by atoms with Crippen molar-refractivity contribution in [2.24, 2.45) is 124 Å². The summed E-state index contributed by atoms with van der Waals surface area (Å²) in [5.41, 5.74) is 0.740. The first-order valence-corrected chi connectivity index (χ1v) is 12.4. The molecule has 13 aliphatic carbocycles. The standard InChI is InChI=1S/C25H26O/c26-5-2-1-4(3-5)25-22-16-10-7-6-8-12(10)18(22)20-14(8)15-9(6)13-11(7)17(16)23(25)19(13)21(15)24(20)25/h4,6-24H,1-3H2. The molecule has 13 aliphatic rings. The summed E-state index contributed by atoms with van der Waals surface area (Å²) < 4.78 is 0. The van der Waals surface area contributed by atoms with Gasteiger partial charge in [-0.1, -0.05) is 0 Å². The van der Waals surface area contributed by atoms with Crippen LogP contribution in [0.4, 0.5) is 0 Å². The Balaban J connectivity index is 1.29. The molecule has 1 nitrogen and oxygen atoms in total. The Bertz CT molecular complexity index is 789. The molecule has 0 aromatic carbocycles. The van der Waals surface area contributed by atoms with Crippen LogP contribution in [0.2, 0.25) is 0 Å². The highest BCUT2D eigenvalue weighted by Gasteiger charge is 3.02. The Morgan fingerprint density at radius 1 is 0.538 bits per heavy atom. The second-order valence-corrected chi connectivity index (χ2v) is 13.8. The van der Waals surface area contributed by atoms with Gasteiger partial charge in [-0.25, -0.2) is 0 Å². The summed E-state index contributed by atoms with van der Waals surface area (Å²) in [4.78, 5) is 12.4. The minimum absolute atomic E-state index is 0.654. The molecular weight excluding hydrogens is 316 g/mol. The van der Waals surface area contributed by atoms with Crippen LogP contribution >= 0.6 is 0 Å². The first-order valence-electron chi connectivity index (χ1n) is 12.4. The van der Waals surface area contributed by atoms with Crippen LogP contribution in [0.3, 0.4) is 0 Å². The van der Waals surface area contributed by atoms with Crippen LogP contribution in [0.1, 0.15) is 19.3 Å². The summed E-state index contributed by atoms with van der Waals surface area (Å²) in [7, 11) is 0. The lowest BCUT2D eigenvalue weighted by atomic mass is 9.59. The van der Waals surface area contributed by atoms with Crippen molar-refractivity contribution in [1.82, 2.24) is 0 Å². The summed E-state index contributed by atoms with van der Waals surface area (Å²) >= 11 is 0. The highest BCUT2D eigenvalue weighted by atomic mass is 16.1. The fourth-order valence-electron chi connectivity index (χ4n) is 17.6. The van der Waals surface area contributed by atoms with Gasteiger partial charge >= 0.3 is 0 Å². The minimum atomic E-state index is 0.654. The van der Waals surface area contributed by atoms with Gasteiger partial charge in [0.2, 0.25) is 0 Å². The Labute approximate surface area is 154 Å². The molecule has 13 atom stereocenters. The van der Waals surface area contributed by atoms with Crippen molar-refractivity contribution < 1.29 is 4.79 Å². The van der Waals surface area contributed by atoms with E-state index in [4.69, 9.17) is 0 Å². The maximum atomic E-state index is 12.4. The van der Waals surface area contributed by atoms with Crippen molar-refractivity contribution in [3.05, 3.63) is 0 Å². The SMILES string of the molecule is O=C1CCC(C23C4C5C6C7C8C9C6C4C4C9C6C8C8C7C5C2C8C6C43)C1. The topological polar surface area (TPSA) is 17.1 Å². The number of ketones is 1. The molecule has 1 heteroatoms. The van der Waals surface area contributed by atoms with E-state index in [1.54, 1.807) is 0 Å². The zero-order valence-corrected chi connectivity index (χ0v) is 15.1. The summed E-state index contributed by atoms with van der Waals surface area (Å²) in [5, 5.41) is 0. The fraction of sp³-hybridized carbons (Fsp3) is 0.960. The molecule has 0 aromatic rings. The highest BCUT2D eigenvalue weighted by Crippen LogP contribution is 3.05. The average molecular weight is 342 g/mol. The third kappa shape index (κ3) is 0.615. The fourth-order valence-corrected chi connectivity index (χ4v) is 17.6. The summed E-state index contributed by atoms with van der Waals surface area (Å²) in [6, 6.07) is 0. The summed E-state index contributed by atoms with van der Waals surface area (Å²) in [5.74, 6) is 24.6. The van der Waals surface area contributed by atoms with E-state index in [9.17, 15) is 4.79 Å². The van der Waals surface area contributed by atoms with Crippen molar-refractivity contribution in [3.63, 3.8) is 0 Å². The smallest absolute Gasteiger partial charge is 0.133 e. The molecule has 13 saturated carbocycles. The predicted molar refractivity (Wildman–Crippen MR) is 91.1 cm³/mol. The molecular formula is C25H26O. The zero-order valence-electron chi connectivity index (χ0n) is 15.1. The molecule has 0 saturated heterocycles. The Morgan fingerprint density at radius 3 is 1.19 bits per heavy atom. The lowest BCUT2D eigenvalue weighted by molar-refractivity contribution is -0.118. The molecule has 26 heavy (non-hydrogen) atoms. The van der Waals surface area contributed by atoms with Gasteiger partial charge in [0.05, 0.1) is 0 Å². The van der Waals surface area contributed by atoms with Crippen LogP contribution in [-0.2, 0) is 4.79 Å². The van der Waals surface area contributed by atoms with Crippen LogP contribution < -0.4 is 0 Å². The van der Waals surface area contributed by atoms with Crippen molar-refractivity contribution >= 4 is 5.78 Å². The molecule has 0 bridgehead atoms. The summed E-state index contributed by atoms with van der Waals surface area (Å²) in [6.45, 7) is 0. The Hall–Kier alpha value is -0.330. The van der Waals surface area contributed by atoms with Gasteiger partial charge < -0.3 is 0 Å². The maximum Gasteiger partial charge on any atom is 0.133 e. The molecule has 0 spiro atoms. The van der Waals surface area contributed by atoms with Crippen molar-refractivity contribution in [1.29, 1.82) is 0 Å². The van der Waals surface area contributed by atoms with Gasteiger partial charge in [0.1, 0.15) is 5.78 Å². The molecule has 0 heterocycles. The van der Waals surface area contributed by atoms with Gasteiger partial charge in [-0.05, 0) is 130 Å². The Kier molecular flexibility index (Phi) is 1.20. The van der Waals surface area contributed by atoms with Gasteiger partial charge in [-0.2, -0.15) is 0 Å². The normalized spacial score (nSPS) is 94.7. The Morgan fingerprint density at radius 2 is 0.885 bits per heavy atom. The molecule has 13 rings (SSSR count). The van der Waals surface area contributed by atoms with E-state index in [1.807, 2.05) is 0 Å². The maximum absolute atomic E-state index is 12.4. The van der Waals surface area contributed by atoms with E-state index in [2.05, 4.69) is 0 Å². The largest absolute Gasteiger partial charge is 0.300 e. The predicted octanol–water partition coefficient (Wildman–Crippen LogP) is 3.20. The highest BCUT2D eigenvalue weighted by molar-refractivity contribution is 5.81. The lowest BCUT2D eigenvalue weighted by Crippen LogP contribution is -2.41. The summed E-state index contributed by atoms with van der Waals surface area (Å²) in [6.07, 6.45) is 3.31. The van der Waals surface area contributed by atoms with Gasteiger partial charge in [-0.15, -0.1) is 0 Å². The lowest BCUT2D eigenvalue weighted by Gasteiger charge is -2.44. The molecule has 0 amide bonds. The molecule has 0 radical (unpaired) electrons. The van der Waals surface area contributed by atoms with Gasteiger partial charge in [0.25, 0.3) is 0 Å². The molecule has 13 fully saturated rings. The van der Waals surface area contributed by atoms with Gasteiger partial charge in [0, 0.05) is 12.8 Å². The monoisotopic (exact) mass is 342 g/mol. The average Bonchev–Trinajstić information content (AvgIpc) is 3.31. The quantitative estimate of drug-likeness (QED) is 0.715. The third-order valence-electron chi connectivity index (χ3n) is 15.5. The second kappa shape index (κ2) is 2.69. The molecule has 0 aromatic heterocycles. The van der Waals surface area contributed by atoms with Crippen molar-refractivity contribution in [2.45, 2.75) is 19.3 Å². The van der Waals surface area contributed by atoms with E-state index >= 15 is 0 Å². The van der Waals surface area contributed by atoms with E-state index < -0.39 is 0 Å². The number of carbonyl (C=O) groups excluding carboxylic acids is 1. The van der Waals surface area contributed by atoms with E-state index in [1.165, 1.54) is 101 Å². The van der Waals surface area contributed by atoms with Crippen molar-refractivity contribution in [2.75, 3.05) is 0 Å². The minimum Gasteiger partial charge on any atom is -0.300 e. The first kappa shape index (κ1) is 11.6. The number of rotatable bonds is 1. The van der Waals surface area contributed by atoms with Crippen LogP contribution in [0.5, 0.6) is 0 Å².